The van der Waals surface area contributed by atoms with Gasteiger partial charge in [0.05, 0.1) is 6.61 Å². The third-order valence-corrected chi connectivity index (χ3v) is 3.75. The lowest BCUT2D eigenvalue weighted by molar-refractivity contribution is -0.149. The van der Waals surface area contributed by atoms with Gasteiger partial charge in [0.1, 0.15) is 6.04 Å². The molecule has 0 aromatic carbocycles. The highest BCUT2D eigenvalue weighted by Crippen LogP contribution is 2.18. The monoisotopic (exact) mass is 241 g/mol. The van der Waals surface area contributed by atoms with Crippen LogP contribution in [0.5, 0.6) is 0 Å². The summed E-state index contributed by atoms with van der Waals surface area (Å²) in [5, 5.41) is 3.24. The maximum atomic E-state index is 11.9. The number of rotatable bonds is 3. The third kappa shape index (κ3) is 3.96. The number of esters is 1. The molecular formula is C13H23NO3. The quantitative estimate of drug-likeness (QED) is 0.758. The van der Waals surface area contributed by atoms with Crippen LogP contribution in [0.1, 0.15) is 32.6 Å². The highest BCUT2D eigenvalue weighted by Gasteiger charge is 2.26. The average molecular weight is 241 g/mol. The molecule has 98 valence electrons. The Bertz CT molecular complexity index is 251. The van der Waals surface area contributed by atoms with Crippen LogP contribution in [-0.4, -0.2) is 38.4 Å². The molecule has 2 rings (SSSR count). The summed E-state index contributed by atoms with van der Waals surface area (Å²) in [6, 6.07) is -0.0846. The van der Waals surface area contributed by atoms with E-state index in [-0.39, 0.29) is 12.0 Å². The van der Waals surface area contributed by atoms with Gasteiger partial charge in [-0.15, -0.1) is 0 Å². The molecule has 2 atom stereocenters. The van der Waals surface area contributed by atoms with Gasteiger partial charge in [0.25, 0.3) is 0 Å². The molecule has 0 spiro atoms. The van der Waals surface area contributed by atoms with Crippen LogP contribution >= 0.6 is 0 Å². The number of hydrogen-bond acceptors (Lipinski definition) is 4. The number of carbonyl (C=O) groups excluding carboxylic acids is 1. The van der Waals surface area contributed by atoms with Gasteiger partial charge in [-0.05, 0) is 44.1 Å². The molecule has 0 aromatic heterocycles. The molecule has 0 bridgehead atoms. The lowest BCUT2D eigenvalue weighted by Crippen LogP contribution is -2.44. The van der Waals surface area contributed by atoms with Gasteiger partial charge in [-0.25, -0.2) is 0 Å². The second kappa shape index (κ2) is 6.36. The molecule has 2 unspecified atom stereocenters. The van der Waals surface area contributed by atoms with Gasteiger partial charge in [0, 0.05) is 13.2 Å². The summed E-state index contributed by atoms with van der Waals surface area (Å²) < 4.78 is 10.7. The SMILES string of the molecule is CC1CCNC(C(=O)OCC2CCOCC2)C1. The van der Waals surface area contributed by atoms with Crippen molar-refractivity contribution in [1.29, 1.82) is 0 Å². The molecule has 2 heterocycles. The second-order valence-corrected chi connectivity index (χ2v) is 5.32. The fourth-order valence-electron chi connectivity index (χ4n) is 2.50. The zero-order valence-electron chi connectivity index (χ0n) is 10.6. The second-order valence-electron chi connectivity index (χ2n) is 5.32. The molecule has 2 aliphatic heterocycles. The number of nitrogens with one attached hydrogen (secondary N) is 1. The summed E-state index contributed by atoms with van der Waals surface area (Å²) in [7, 11) is 0. The summed E-state index contributed by atoms with van der Waals surface area (Å²) in [5.74, 6) is 1.05. The van der Waals surface area contributed by atoms with Crippen molar-refractivity contribution in [3.63, 3.8) is 0 Å². The van der Waals surface area contributed by atoms with Gasteiger partial charge < -0.3 is 14.8 Å². The van der Waals surface area contributed by atoms with Crippen molar-refractivity contribution in [3.8, 4) is 0 Å². The van der Waals surface area contributed by atoms with E-state index in [1.165, 1.54) is 0 Å². The Morgan fingerprint density at radius 2 is 2.12 bits per heavy atom. The maximum Gasteiger partial charge on any atom is 0.323 e. The van der Waals surface area contributed by atoms with Gasteiger partial charge >= 0.3 is 5.97 Å². The first kappa shape index (κ1) is 12.8. The lowest BCUT2D eigenvalue weighted by atomic mass is 9.94. The van der Waals surface area contributed by atoms with Crippen molar-refractivity contribution >= 4 is 5.97 Å². The minimum Gasteiger partial charge on any atom is -0.464 e. The fourth-order valence-corrected chi connectivity index (χ4v) is 2.50. The molecule has 2 fully saturated rings. The number of piperidine rings is 1. The Labute approximate surface area is 103 Å². The Morgan fingerprint density at radius 1 is 1.35 bits per heavy atom. The van der Waals surface area contributed by atoms with Crippen LogP contribution < -0.4 is 5.32 Å². The molecule has 0 amide bonds. The Balaban J connectivity index is 1.69. The zero-order valence-corrected chi connectivity index (χ0v) is 10.6. The van der Waals surface area contributed by atoms with Gasteiger partial charge in [-0.3, -0.25) is 4.79 Å². The average Bonchev–Trinajstić information content (AvgIpc) is 2.37. The van der Waals surface area contributed by atoms with Crippen molar-refractivity contribution < 1.29 is 14.3 Å². The van der Waals surface area contributed by atoms with Crippen LogP contribution in [0.25, 0.3) is 0 Å². The summed E-state index contributed by atoms with van der Waals surface area (Å²) in [4.78, 5) is 11.9. The highest BCUT2D eigenvalue weighted by molar-refractivity contribution is 5.75. The predicted molar refractivity (Wildman–Crippen MR) is 64.7 cm³/mol. The van der Waals surface area contributed by atoms with Gasteiger partial charge in [0.2, 0.25) is 0 Å². The molecule has 1 N–H and O–H groups in total. The maximum absolute atomic E-state index is 11.9. The molecular weight excluding hydrogens is 218 g/mol. The van der Waals surface area contributed by atoms with E-state index in [1.54, 1.807) is 0 Å². The van der Waals surface area contributed by atoms with Crippen LogP contribution in [0.3, 0.4) is 0 Å². The lowest BCUT2D eigenvalue weighted by Gasteiger charge is -2.28. The first-order valence-electron chi connectivity index (χ1n) is 6.73. The van der Waals surface area contributed by atoms with Gasteiger partial charge in [-0.1, -0.05) is 6.92 Å². The molecule has 0 aliphatic carbocycles. The minimum atomic E-state index is -0.0846. The van der Waals surface area contributed by atoms with E-state index in [2.05, 4.69) is 12.2 Å². The highest BCUT2D eigenvalue weighted by atomic mass is 16.5. The summed E-state index contributed by atoms with van der Waals surface area (Å²) in [5.41, 5.74) is 0. The Morgan fingerprint density at radius 3 is 2.82 bits per heavy atom. The molecule has 4 nitrogen and oxygen atoms in total. The number of ether oxygens (including phenoxy) is 2. The van der Waals surface area contributed by atoms with Crippen molar-refractivity contribution in [2.75, 3.05) is 26.4 Å². The summed E-state index contributed by atoms with van der Waals surface area (Å²) in [6.45, 7) is 5.30. The van der Waals surface area contributed by atoms with Crippen molar-refractivity contribution in [1.82, 2.24) is 5.32 Å². The molecule has 0 radical (unpaired) electrons. The Hall–Kier alpha value is -0.610. The molecule has 0 saturated carbocycles. The van der Waals surface area contributed by atoms with E-state index in [4.69, 9.17) is 9.47 Å². The van der Waals surface area contributed by atoms with Crippen LogP contribution in [0.2, 0.25) is 0 Å². The van der Waals surface area contributed by atoms with E-state index in [9.17, 15) is 4.79 Å². The van der Waals surface area contributed by atoms with Crippen LogP contribution in [0.4, 0.5) is 0 Å². The van der Waals surface area contributed by atoms with Crippen molar-refractivity contribution in [2.45, 2.75) is 38.6 Å². The third-order valence-electron chi connectivity index (χ3n) is 3.75. The van der Waals surface area contributed by atoms with E-state index < -0.39 is 0 Å². The first-order valence-corrected chi connectivity index (χ1v) is 6.73. The topological polar surface area (TPSA) is 47.6 Å². The number of carbonyl (C=O) groups is 1. The van der Waals surface area contributed by atoms with Crippen molar-refractivity contribution in [3.05, 3.63) is 0 Å². The molecule has 17 heavy (non-hydrogen) atoms. The van der Waals surface area contributed by atoms with E-state index in [0.29, 0.717) is 18.4 Å². The zero-order chi connectivity index (χ0) is 12.1. The van der Waals surface area contributed by atoms with Crippen LogP contribution in [0.15, 0.2) is 0 Å². The molecule has 2 aliphatic rings. The number of hydrogen-bond donors (Lipinski definition) is 1. The van der Waals surface area contributed by atoms with Gasteiger partial charge in [0.15, 0.2) is 0 Å². The van der Waals surface area contributed by atoms with E-state index in [0.717, 1.165) is 45.4 Å². The Kier molecular flexibility index (Phi) is 4.80. The molecule has 2 saturated heterocycles. The predicted octanol–water partition coefficient (Wildman–Crippen LogP) is 1.34. The molecule has 0 aromatic rings. The minimum absolute atomic E-state index is 0.0666. The van der Waals surface area contributed by atoms with Crippen LogP contribution in [-0.2, 0) is 14.3 Å². The van der Waals surface area contributed by atoms with Crippen molar-refractivity contribution in [2.24, 2.45) is 11.8 Å². The normalized spacial score (nSPS) is 31.1. The first-order chi connectivity index (χ1) is 8.25. The fraction of sp³-hybridized carbons (Fsp3) is 0.923. The van der Waals surface area contributed by atoms with Crippen LogP contribution in [0, 0.1) is 11.8 Å². The van der Waals surface area contributed by atoms with E-state index >= 15 is 0 Å². The standard InChI is InChI=1S/C13H23NO3/c1-10-2-5-14-12(8-10)13(15)17-9-11-3-6-16-7-4-11/h10-12,14H,2-9H2,1H3. The summed E-state index contributed by atoms with van der Waals surface area (Å²) >= 11 is 0. The largest absolute Gasteiger partial charge is 0.464 e. The smallest absolute Gasteiger partial charge is 0.323 e. The summed E-state index contributed by atoms with van der Waals surface area (Å²) in [6.07, 6.45) is 4.10. The van der Waals surface area contributed by atoms with E-state index in [1.807, 2.05) is 0 Å². The van der Waals surface area contributed by atoms with Gasteiger partial charge in [-0.2, -0.15) is 0 Å². The molecule has 4 heteroatoms.